The largest absolute Gasteiger partial charge is 0.493 e. The Morgan fingerprint density at radius 3 is 2.10 bits per heavy atom. The van der Waals surface area contributed by atoms with Gasteiger partial charge in [0.1, 0.15) is 48.1 Å². The fourth-order valence-electron chi connectivity index (χ4n) is 12.6. The molecule has 7 amide bonds. The average molecular weight is 1120 g/mol. The topological polar surface area (TPSA) is 258 Å². The summed E-state index contributed by atoms with van der Waals surface area (Å²) in [6, 6.07) is 24.8. The van der Waals surface area contributed by atoms with Gasteiger partial charge in [-0.15, -0.1) is 0 Å². The normalized spacial score (nSPS) is 24.4. The molecular weight excluding hydrogens is 1040 g/mol. The molecule has 0 bridgehead atoms. The summed E-state index contributed by atoms with van der Waals surface area (Å²) in [5, 5.41) is 19.0. The van der Waals surface area contributed by atoms with E-state index in [0.29, 0.717) is 24.7 Å². The molecule has 10 rings (SSSR count). The summed E-state index contributed by atoms with van der Waals surface area (Å²) in [4.78, 5) is 112. The number of amides is 7. The van der Waals surface area contributed by atoms with Gasteiger partial charge in [-0.05, 0) is 116 Å². The van der Waals surface area contributed by atoms with Crippen LogP contribution in [0.4, 0.5) is 4.79 Å². The predicted molar refractivity (Wildman–Crippen MR) is 309 cm³/mol. The van der Waals surface area contributed by atoms with E-state index in [9.17, 15) is 4.79 Å². The molecule has 4 fully saturated rings. The Balaban J connectivity index is 1.05. The third-order valence-electron chi connectivity index (χ3n) is 17.1. The number of aromatic amines is 1. The Hall–Kier alpha value is -7.77. The molecule has 5 aromatic rings. The van der Waals surface area contributed by atoms with Gasteiger partial charge in [0, 0.05) is 62.4 Å². The number of H-pyrrole nitrogens is 1. The van der Waals surface area contributed by atoms with Gasteiger partial charge in [0.05, 0.1) is 13.2 Å². The molecule has 9 N–H and O–H groups in total. The average Bonchev–Trinajstić information content (AvgIpc) is 4.30. The molecular formula is C63H78N10O9. The number of rotatable bonds is 15. The minimum absolute atomic E-state index is 0.00431. The number of nitrogens with two attached hydrogens (primary N) is 1. The van der Waals surface area contributed by atoms with E-state index in [1.807, 2.05) is 103 Å². The smallest absolute Gasteiger partial charge is 0.407 e. The van der Waals surface area contributed by atoms with Crippen molar-refractivity contribution in [2.75, 3.05) is 39.3 Å². The highest BCUT2D eigenvalue weighted by atomic mass is 16.6. The summed E-state index contributed by atoms with van der Waals surface area (Å²) in [6.07, 6.45) is 8.13. The van der Waals surface area contributed by atoms with Gasteiger partial charge in [-0.2, -0.15) is 0 Å². The molecule has 1 saturated carbocycles. The molecule has 4 aromatic carbocycles. The second-order valence-electron chi connectivity index (χ2n) is 22.9. The van der Waals surface area contributed by atoms with Crippen molar-refractivity contribution >= 4 is 52.4 Å². The molecule has 0 unspecified atom stereocenters. The predicted octanol–water partition coefficient (Wildman–Crippen LogP) is 4.50. The lowest BCUT2D eigenvalue weighted by Gasteiger charge is -2.40. The third kappa shape index (κ3) is 14.5. The molecule has 4 aliphatic heterocycles. The summed E-state index contributed by atoms with van der Waals surface area (Å²) in [5.41, 5.74) is 10.5. The van der Waals surface area contributed by atoms with Gasteiger partial charge >= 0.3 is 6.09 Å². The van der Waals surface area contributed by atoms with Crippen molar-refractivity contribution < 1.29 is 43.0 Å². The molecule has 19 nitrogen and oxygen atoms in total. The van der Waals surface area contributed by atoms with Gasteiger partial charge in [-0.3, -0.25) is 28.8 Å². The number of nitrogens with one attached hydrogen (secondary N) is 7. The van der Waals surface area contributed by atoms with E-state index >= 15 is 28.8 Å². The van der Waals surface area contributed by atoms with E-state index in [0.717, 1.165) is 77.5 Å². The Morgan fingerprint density at radius 2 is 1.32 bits per heavy atom. The lowest BCUT2D eigenvalue weighted by atomic mass is 9.90. The van der Waals surface area contributed by atoms with Crippen LogP contribution >= 0.6 is 0 Å². The first kappa shape index (κ1) is 57.5. The highest BCUT2D eigenvalue weighted by molar-refractivity contribution is 5.99. The molecule has 3 saturated heterocycles. The van der Waals surface area contributed by atoms with Crippen LogP contribution in [0.1, 0.15) is 92.0 Å². The molecule has 5 heterocycles. The molecule has 0 radical (unpaired) electrons. The minimum Gasteiger partial charge on any atom is -0.493 e. The number of nitrogens with zero attached hydrogens (tertiary/aromatic N) is 2. The van der Waals surface area contributed by atoms with E-state index in [2.05, 4.69) is 36.9 Å². The maximum absolute atomic E-state index is 15.9. The maximum atomic E-state index is 15.9. The number of hydrogen-bond donors (Lipinski definition) is 8. The number of piperidine rings is 1. The number of aromatic nitrogens is 1. The second-order valence-corrected chi connectivity index (χ2v) is 22.9. The molecule has 82 heavy (non-hydrogen) atoms. The number of ether oxygens (including phenoxy) is 2. The first-order valence-electron chi connectivity index (χ1n) is 29.5. The minimum atomic E-state index is -1.27. The monoisotopic (exact) mass is 1120 g/mol. The van der Waals surface area contributed by atoms with Crippen LogP contribution in [0.25, 0.3) is 10.9 Å². The van der Waals surface area contributed by atoms with Gasteiger partial charge in [0.15, 0.2) is 0 Å². The lowest BCUT2D eigenvalue weighted by Crippen LogP contribution is -2.63. The Bertz CT molecular complexity index is 3030. The van der Waals surface area contributed by atoms with Crippen LogP contribution in [0.2, 0.25) is 0 Å². The zero-order chi connectivity index (χ0) is 57.0. The molecule has 0 spiro atoms. The SMILES string of the molecule is NCCNC(=O)O[C@@H]1C[C@H]2C(=O)N[C@@H](CCc3ccccc3)C(=O)N[C@H](Cc3c[nH]c4ccccc34)C(=O)N[C@@H](CC3CCNCC3)C(=O)N[C@@H](Cc3ccc(OCC4CCCCC4)cc3)C(=O)N3Cc4ccccc4C[C@H]3C(=O)N2C1. The number of para-hydroxylation sites is 1. The van der Waals surface area contributed by atoms with Gasteiger partial charge in [0.25, 0.3) is 0 Å². The van der Waals surface area contributed by atoms with Crippen molar-refractivity contribution in [3.05, 3.63) is 137 Å². The quantitative estimate of drug-likeness (QED) is 0.0725. The van der Waals surface area contributed by atoms with Crippen LogP contribution in [0.5, 0.6) is 5.75 Å². The van der Waals surface area contributed by atoms with Crippen molar-refractivity contribution in [3.63, 3.8) is 0 Å². The number of alkyl carbamates (subject to hydrolysis) is 1. The van der Waals surface area contributed by atoms with Crippen molar-refractivity contribution in [2.45, 2.75) is 139 Å². The first-order valence-corrected chi connectivity index (χ1v) is 29.5. The number of fused-ring (bicyclic) bond motifs is 4. The van der Waals surface area contributed by atoms with E-state index in [1.54, 1.807) is 6.20 Å². The van der Waals surface area contributed by atoms with Crippen molar-refractivity contribution in [3.8, 4) is 5.75 Å². The van der Waals surface area contributed by atoms with Crippen LogP contribution < -0.4 is 42.4 Å². The van der Waals surface area contributed by atoms with E-state index < -0.39 is 83.9 Å². The summed E-state index contributed by atoms with van der Waals surface area (Å²) in [5.74, 6) is -2.44. The van der Waals surface area contributed by atoms with Crippen molar-refractivity contribution in [1.82, 2.24) is 46.7 Å². The third-order valence-corrected chi connectivity index (χ3v) is 17.1. The standard InChI is InChI=1S/C63H78N10O9/c64-27-30-66-63(80)82-48-35-55-60(77)68-51(24-21-40-11-3-1-4-12-40)57(74)70-53(33-46-36-67-50-18-10-9-17-49(46)50)59(76)69-52(31-42-25-28-65-29-26-42)58(75)71-54(32-41-19-22-47(23-20-41)81-39-43-13-5-2-6-14-43)61(78)72-37-45-16-8-7-15-44(45)34-56(72)62(79)73(55)38-48/h1,3-4,7-12,15-20,22-23,36,42-43,48,51-56,65,67H,2,5-6,13-14,21,24-35,37-39,64H2,(H,66,80)(H,68,77)(H,69,76)(H,70,74)(H,71,75)/t48-,51+,52+,53-,54+,55+,56+/m1/s1. The number of carbonyl (C=O) groups is 7. The highest BCUT2D eigenvalue weighted by Crippen LogP contribution is 2.31. The summed E-state index contributed by atoms with van der Waals surface area (Å²) in [7, 11) is 0. The fraction of sp³-hybridized carbons (Fsp3) is 0.476. The molecule has 434 valence electrons. The Morgan fingerprint density at radius 1 is 0.634 bits per heavy atom. The van der Waals surface area contributed by atoms with Crippen LogP contribution in [0, 0.1) is 11.8 Å². The number of aryl methyl sites for hydroxylation is 1. The van der Waals surface area contributed by atoms with E-state index in [1.165, 1.54) is 29.1 Å². The first-order chi connectivity index (χ1) is 40.0. The van der Waals surface area contributed by atoms with Crippen LogP contribution in [0.15, 0.2) is 109 Å². The van der Waals surface area contributed by atoms with Crippen molar-refractivity contribution in [1.29, 1.82) is 0 Å². The number of hydrogen-bond acceptors (Lipinski definition) is 11. The van der Waals surface area contributed by atoms with Crippen LogP contribution in [-0.2, 0) is 65.7 Å². The molecule has 5 aliphatic rings. The van der Waals surface area contributed by atoms with Crippen LogP contribution in [-0.4, -0.2) is 138 Å². The molecule has 19 heteroatoms. The number of benzene rings is 4. The van der Waals surface area contributed by atoms with E-state index in [-0.39, 0.29) is 70.6 Å². The Kier molecular flexibility index (Phi) is 19.2. The summed E-state index contributed by atoms with van der Waals surface area (Å²) < 4.78 is 12.1. The zero-order valence-electron chi connectivity index (χ0n) is 46.6. The highest BCUT2D eigenvalue weighted by Gasteiger charge is 2.48. The zero-order valence-corrected chi connectivity index (χ0v) is 46.6. The Labute approximate surface area is 478 Å². The molecule has 1 aliphatic carbocycles. The molecule has 7 atom stereocenters. The summed E-state index contributed by atoms with van der Waals surface area (Å²) in [6.45, 7) is 2.15. The van der Waals surface area contributed by atoms with Gasteiger partial charge < -0.3 is 61.9 Å². The van der Waals surface area contributed by atoms with Crippen LogP contribution in [0.3, 0.4) is 0 Å². The fourth-order valence-corrected chi connectivity index (χ4v) is 12.6. The molecule has 1 aromatic heterocycles. The van der Waals surface area contributed by atoms with Gasteiger partial charge in [-0.25, -0.2) is 4.79 Å². The van der Waals surface area contributed by atoms with E-state index in [4.69, 9.17) is 15.2 Å². The second kappa shape index (κ2) is 27.3. The van der Waals surface area contributed by atoms with Gasteiger partial charge in [0.2, 0.25) is 35.4 Å². The lowest BCUT2D eigenvalue weighted by molar-refractivity contribution is -0.151. The summed E-state index contributed by atoms with van der Waals surface area (Å²) >= 11 is 0. The van der Waals surface area contributed by atoms with Gasteiger partial charge in [-0.1, -0.05) is 104 Å². The maximum Gasteiger partial charge on any atom is 0.407 e. The number of carbonyl (C=O) groups excluding carboxylic acids is 7. The van der Waals surface area contributed by atoms with Crippen molar-refractivity contribution in [2.24, 2.45) is 17.6 Å².